The van der Waals surface area contributed by atoms with Gasteiger partial charge in [0.2, 0.25) is 5.91 Å². The van der Waals surface area contributed by atoms with E-state index in [9.17, 15) is 9.59 Å². The van der Waals surface area contributed by atoms with Crippen molar-refractivity contribution in [2.24, 2.45) is 11.7 Å². The summed E-state index contributed by atoms with van der Waals surface area (Å²) in [5, 5.41) is 2.97. The molecule has 1 atom stereocenters. The highest BCUT2D eigenvalue weighted by Gasteiger charge is 2.27. The van der Waals surface area contributed by atoms with Crippen molar-refractivity contribution < 1.29 is 9.59 Å². The van der Waals surface area contributed by atoms with Gasteiger partial charge in [-0.25, -0.2) is 4.79 Å². The molecule has 1 aliphatic heterocycles. The molecular weight excluding hydrogens is 256 g/mol. The van der Waals surface area contributed by atoms with Crippen LogP contribution in [0.2, 0.25) is 0 Å². The van der Waals surface area contributed by atoms with E-state index in [1.807, 2.05) is 25.1 Å². The SMILES string of the molecule is C[C@@H](NC(=O)C1CCN(C(N)=O)CC1)c1ccccn1. The second-order valence-electron chi connectivity index (χ2n) is 5.08. The third kappa shape index (κ3) is 3.46. The first-order valence-electron chi connectivity index (χ1n) is 6.83. The van der Waals surface area contributed by atoms with E-state index >= 15 is 0 Å². The highest BCUT2D eigenvalue weighted by molar-refractivity contribution is 5.79. The van der Waals surface area contributed by atoms with Crippen LogP contribution in [0.4, 0.5) is 4.79 Å². The minimum absolute atomic E-state index is 0.0206. The number of carbonyl (C=O) groups excluding carboxylic acids is 2. The first kappa shape index (κ1) is 14.3. The van der Waals surface area contributed by atoms with Gasteiger partial charge in [-0.05, 0) is 31.9 Å². The molecule has 3 N–H and O–H groups in total. The van der Waals surface area contributed by atoms with Crippen LogP contribution in [-0.4, -0.2) is 34.9 Å². The van der Waals surface area contributed by atoms with Gasteiger partial charge in [0.1, 0.15) is 0 Å². The zero-order chi connectivity index (χ0) is 14.5. The Bertz CT molecular complexity index is 469. The Hall–Kier alpha value is -2.11. The molecule has 1 aromatic rings. The summed E-state index contributed by atoms with van der Waals surface area (Å²) >= 11 is 0. The molecule has 6 heteroatoms. The quantitative estimate of drug-likeness (QED) is 0.864. The van der Waals surface area contributed by atoms with Crippen LogP contribution in [-0.2, 0) is 4.79 Å². The molecule has 0 unspecified atom stereocenters. The van der Waals surface area contributed by atoms with Gasteiger partial charge in [0.15, 0.2) is 0 Å². The molecule has 1 saturated heterocycles. The van der Waals surface area contributed by atoms with Crippen LogP contribution in [0.5, 0.6) is 0 Å². The Morgan fingerprint density at radius 2 is 2.10 bits per heavy atom. The van der Waals surface area contributed by atoms with Crippen LogP contribution >= 0.6 is 0 Å². The highest BCUT2D eigenvalue weighted by Crippen LogP contribution is 2.18. The van der Waals surface area contributed by atoms with Gasteiger partial charge in [0.25, 0.3) is 0 Å². The van der Waals surface area contributed by atoms with Crippen LogP contribution in [0.25, 0.3) is 0 Å². The fraction of sp³-hybridized carbons (Fsp3) is 0.500. The number of primary amides is 1. The lowest BCUT2D eigenvalue weighted by Crippen LogP contribution is -2.45. The third-order valence-corrected chi connectivity index (χ3v) is 3.67. The Kier molecular flexibility index (Phi) is 4.55. The minimum Gasteiger partial charge on any atom is -0.351 e. The molecule has 6 nitrogen and oxygen atoms in total. The number of aromatic nitrogens is 1. The smallest absolute Gasteiger partial charge is 0.314 e. The largest absolute Gasteiger partial charge is 0.351 e. The number of rotatable bonds is 3. The number of carbonyl (C=O) groups is 2. The maximum absolute atomic E-state index is 12.2. The summed E-state index contributed by atoms with van der Waals surface area (Å²) in [5.41, 5.74) is 6.07. The maximum Gasteiger partial charge on any atom is 0.314 e. The van der Waals surface area contributed by atoms with Crippen molar-refractivity contribution in [2.75, 3.05) is 13.1 Å². The summed E-state index contributed by atoms with van der Waals surface area (Å²) in [4.78, 5) is 29.0. The predicted octanol–water partition coefficient (Wildman–Crippen LogP) is 1.05. The molecule has 0 aromatic carbocycles. The number of nitrogens with one attached hydrogen (secondary N) is 1. The summed E-state index contributed by atoms with van der Waals surface area (Å²) in [6, 6.07) is 5.11. The summed E-state index contributed by atoms with van der Waals surface area (Å²) in [7, 11) is 0. The van der Waals surface area contributed by atoms with E-state index in [0.717, 1.165) is 5.69 Å². The number of hydrogen-bond acceptors (Lipinski definition) is 3. The molecule has 0 radical (unpaired) electrons. The molecule has 1 aliphatic rings. The Morgan fingerprint density at radius 3 is 2.65 bits per heavy atom. The number of likely N-dealkylation sites (tertiary alicyclic amines) is 1. The van der Waals surface area contributed by atoms with Crippen molar-refractivity contribution in [1.29, 1.82) is 0 Å². The lowest BCUT2D eigenvalue weighted by molar-refractivity contribution is -0.126. The normalized spacial score (nSPS) is 17.6. The zero-order valence-corrected chi connectivity index (χ0v) is 11.6. The molecule has 1 aromatic heterocycles. The standard InChI is InChI=1S/C14H20N4O2/c1-10(12-4-2-3-7-16-12)17-13(19)11-5-8-18(9-6-11)14(15)20/h2-4,7,10-11H,5-6,8-9H2,1H3,(H2,15,20)(H,17,19)/t10-/m1/s1. The van der Waals surface area contributed by atoms with Crippen LogP contribution in [0.15, 0.2) is 24.4 Å². The molecule has 0 aliphatic carbocycles. The number of nitrogens with two attached hydrogens (primary N) is 1. The summed E-state index contributed by atoms with van der Waals surface area (Å²) in [5.74, 6) is -0.0379. The van der Waals surface area contributed by atoms with Gasteiger partial charge in [-0.1, -0.05) is 6.07 Å². The van der Waals surface area contributed by atoms with Gasteiger partial charge in [-0.2, -0.15) is 0 Å². The van der Waals surface area contributed by atoms with Gasteiger partial charge in [0.05, 0.1) is 11.7 Å². The predicted molar refractivity (Wildman–Crippen MR) is 74.7 cm³/mol. The first-order valence-corrected chi connectivity index (χ1v) is 6.83. The Morgan fingerprint density at radius 1 is 1.40 bits per heavy atom. The highest BCUT2D eigenvalue weighted by atomic mass is 16.2. The van der Waals surface area contributed by atoms with Gasteiger partial charge in [-0.15, -0.1) is 0 Å². The van der Waals surface area contributed by atoms with Crippen molar-refractivity contribution in [2.45, 2.75) is 25.8 Å². The van der Waals surface area contributed by atoms with E-state index in [-0.39, 0.29) is 17.9 Å². The first-order chi connectivity index (χ1) is 9.58. The summed E-state index contributed by atoms with van der Waals surface area (Å²) in [6.07, 6.45) is 3.02. The number of urea groups is 1. The number of amides is 3. The molecule has 3 amide bonds. The summed E-state index contributed by atoms with van der Waals surface area (Å²) < 4.78 is 0. The Labute approximate surface area is 118 Å². The van der Waals surface area contributed by atoms with Crippen LogP contribution in [0.1, 0.15) is 31.5 Å². The van der Waals surface area contributed by atoms with Crippen molar-refractivity contribution in [3.63, 3.8) is 0 Å². The van der Waals surface area contributed by atoms with Crippen molar-refractivity contribution in [1.82, 2.24) is 15.2 Å². The molecule has 2 rings (SSSR count). The van der Waals surface area contributed by atoms with E-state index in [2.05, 4.69) is 10.3 Å². The average Bonchev–Trinajstić information content (AvgIpc) is 2.48. The fourth-order valence-corrected chi connectivity index (χ4v) is 2.40. The number of nitrogens with zero attached hydrogens (tertiary/aromatic N) is 2. The molecule has 108 valence electrons. The molecule has 0 bridgehead atoms. The van der Waals surface area contributed by atoms with Crippen molar-refractivity contribution in [3.8, 4) is 0 Å². The van der Waals surface area contributed by atoms with Crippen molar-refractivity contribution >= 4 is 11.9 Å². The van der Waals surface area contributed by atoms with Crippen molar-refractivity contribution in [3.05, 3.63) is 30.1 Å². The van der Waals surface area contributed by atoms with Gasteiger partial charge in [0, 0.05) is 25.2 Å². The maximum atomic E-state index is 12.2. The van der Waals surface area contributed by atoms with Gasteiger partial charge < -0.3 is 16.0 Å². The lowest BCUT2D eigenvalue weighted by Gasteiger charge is -2.30. The molecule has 20 heavy (non-hydrogen) atoms. The van der Waals surface area contributed by atoms with E-state index in [4.69, 9.17) is 5.73 Å². The van der Waals surface area contributed by atoms with E-state index in [0.29, 0.717) is 25.9 Å². The lowest BCUT2D eigenvalue weighted by atomic mass is 9.95. The van der Waals surface area contributed by atoms with E-state index in [1.54, 1.807) is 11.1 Å². The number of hydrogen-bond donors (Lipinski definition) is 2. The topological polar surface area (TPSA) is 88.3 Å². The zero-order valence-electron chi connectivity index (χ0n) is 11.6. The van der Waals surface area contributed by atoms with Crippen LogP contribution in [0, 0.1) is 5.92 Å². The second kappa shape index (κ2) is 6.36. The second-order valence-corrected chi connectivity index (χ2v) is 5.08. The Balaban J connectivity index is 1.85. The van der Waals surface area contributed by atoms with Crippen LogP contribution < -0.4 is 11.1 Å². The number of pyridine rings is 1. The van der Waals surface area contributed by atoms with E-state index in [1.165, 1.54) is 0 Å². The van der Waals surface area contributed by atoms with E-state index < -0.39 is 6.03 Å². The molecule has 0 saturated carbocycles. The molecular formula is C14H20N4O2. The fourth-order valence-electron chi connectivity index (χ4n) is 2.40. The monoisotopic (exact) mass is 276 g/mol. The number of piperidine rings is 1. The minimum atomic E-state index is -0.411. The average molecular weight is 276 g/mol. The molecule has 1 fully saturated rings. The third-order valence-electron chi connectivity index (χ3n) is 3.67. The molecule has 0 spiro atoms. The van der Waals surface area contributed by atoms with Gasteiger partial charge in [-0.3, -0.25) is 9.78 Å². The molecule has 2 heterocycles. The van der Waals surface area contributed by atoms with Gasteiger partial charge >= 0.3 is 6.03 Å². The summed E-state index contributed by atoms with van der Waals surface area (Å²) in [6.45, 7) is 3.01. The van der Waals surface area contributed by atoms with Crippen LogP contribution in [0.3, 0.4) is 0 Å².